The maximum atomic E-state index is 12.9. The Hall–Kier alpha value is -1.30. The second-order valence-corrected chi connectivity index (χ2v) is 6.03. The third kappa shape index (κ3) is 4.59. The van der Waals surface area contributed by atoms with Gasteiger partial charge in [0, 0.05) is 28.5 Å². The Labute approximate surface area is 133 Å². The Bertz CT molecular complexity index is 592. The molecule has 0 aliphatic heterocycles. The molecule has 0 saturated carbocycles. The van der Waals surface area contributed by atoms with Crippen molar-refractivity contribution in [3.63, 3.8) is 0 Å². The summed E-state index contributed by atoms with van der Waals surface area (Å²) in [5.74, 6) is 1.00. The summed E-state index contributed by atoms with van der Waals surface area (Å²) in [6.07, 6.45) is 1.54. The van der Waals surface area contributed by atoms with E-state index in [9.17, 15) is 4.39 Å². The van der Waals surface area contributed by atoms with Crippen molar-refractivity contribution in [3.05, 3.63) is 52.9 Å². The molecule has 2 aromatic rings. The minimum absolute atomic E-state index is 0.0382. The monoisotopic (exact) mass is 325 g/mol. The standard InChI is InChI=1S/C15H17ClFN3S/c1-2-19-14(13-7-10(16)8-20-15(13)18)9-21-12-5-3-11(17)4-6-12/h3-8,14,19H,2,9H2,1H3,(H2,18,20). The Morgan fingerprint density at radius 2 is 2.10 bits per heavy atom. The fourth-order valence-corrected chi connectivity index (χ4v) is 3.11. The normalized spacial score (nSPS) is 12.3. The number of anilines is 1. The lowest BCUT2D eigenvalue weighted by Crippen LogP contribution is -2.24. The van der Waals surface area contributed by atoms with E-state index in [0.29, 0.717) is 10.8 Å². The van der Waals surface area contributed by atoms with E-state index in [1.54, 1.807) is 23.9 Å². The van der Waals surface area contributed by atoms with Crippen LogP contribution in [0.25, 0.3) is 0 Å². The molecular formula is C15H17ClFN3S. The largest absolute Gasteiger partial charge is 0.383 e. The number of aromatic nitrogens is 1. The van der Waals surface area contributed by atoms with Crippen LogP contribution in [0.2, 0.25) is 5.02 Å². The molecule has 1 unspecified atom stereocenters. The third-order valence-electron chi connectivity index (χ3n) is 2.97. The molecule has 0 bridgehead atoms. The Morgan fingerprint density at radius 3 is 2.76 bits per heavy atom. The summed E-state index contributed by atoms with van der Waals surface area (Å²) < 4.78 is 12.9. The minimum atomic E-state index is -0.231. The fourth-order valence-electron chi connectivity index (χ4n) is 1.96. The third-order valence-corrected chi connectivity index (χ3v) is 4.28. The molecule has 0 radical (unpaired) electrons. The predicted molar refractivity (Wildman–Crippen MR) is 87.2 cm³/mol. The van der Waals surface area contributed by atoms with E-state index in [4.69, 9.17) is 17.3 Å². The van der Waals surface area contributed by atoms with Crippen LogP contribution >= 0.6 is 23.4 Å². The first-order valence-electron chi connectivity index (χ1n) is 6.62. The average Bonchev–Trinajstić information content (AvgIpc) is 2.48. The van der Waals surface area contributed by atoms with Gasteiger partial charge < -0.3 is 11.1 Å². The number of halogens is 2. The quantitative estimate of drug-likeness (QED) is 0.791. The van der Waals surface area contributed by atoms with Crippen LogP contribution in [-0.4, -0.2) is 17.3 Å². The van der Waals surface area contributed by atoms with Crippen LogP contribution in [0.1, 0.15) is 18.5 Å². The van der Waals surface area contributed by atoms with Gasteiger partial charge in [-0.1, -0.05) is 18.5 Å². The average molecular weight is 326 g/mol. The van der Waals surface area contributed by atoms with Crippen molar-refractivity contribution < 1.29 is 4.39 Å². The van der Waals surface area contributed by atoms with E-state index in [0.717, 1.165) is 22.8 Å². The highest BCUT2D eigenvalue weighted by Crippen LogP contribution is 2.28. The highest BCUT2D eigenvalue weighted by atomic mass is 35.5. The van der Waals surface area contributed by atoms with Gasteiger partial charge in [-0.3, -0.25) is 0 Å². The van der Waals surface area contributed by atoms with Gasteiger partial charge in [0.1, 0.15) is 11.6 Å². The van der Waals surface area contributed by atoms with Gasteiger partial charge in [-0.2, -0.15) is 0 Å². The van der Waals surface area contributed by atoms with Crippen LogP contribution in [0, 0.1) is 5.82 Å². The van der Waals surface area contributed by atoms with Gasteiger partial charge in [-0.05, 0) is 36.9 Å². The Balaban J connectivity index is 2.11. The Kier molecular flexibility index (Phi) is 5.85. The van der Waals surface area contributed by atoms with Crippen LogP contribution in [0.5, 0.6) is 0 Å². The van der Waals surface area contributed by atoms with Crippen molar-refractivity contribution in [3.8, 4) is 0 Å². The highest BCUT2D eigenvalue weighted by Gasteiger charge is 2.15. The number of benzene rings is 1. The van der Waals surface area contributed by atoms with Crippen LogP contribution in [0.15, 0.2) is 41.4 Å². The number of nitrogen functional groups attached to an aromatic ring is 1. The van der Waals surface area contributed by atoms with Crippen molar-refractivity contribution in [1.82, 2.24) is 10.3 Å². The number of hydrogen-bond donors (Lipinski definition) is 2. The number of nitrogens with two attached hydrogens (primary N) is 1. The lowest BCUT2D eigenvalue weighted by atomic mass is 10.1. The summed E-state index contributed by atoms with van der Waals surface area (Å²) in [6, 6.07) is 8.32. The van der Waals surface area contributed by atoms with Gasteiger partial charge in [0.2, 0.25) is 0 Å². The van der Waals surface area contributed by atoms with E-state index in [2.05, 4.69) is 10.3 Å². The van der Waals surface area contributed by atoms with Crippen molar-refractivity contribution in [2.24, 2.45) is 0 Å². The number of rotatable bonds is 6. The molecule has 21 heavy (non-hydrogen) atoms. The van der Waals surface area contributed by atoms with Crippen molar-refractivity contribution >= 4 is 29.2 Å². The number of hydrogen-bond acceptors (Lipinski definition) is 4. The topological polar surface area (TPSA) is 50.9 Å². The van der Waals surface area contributed by atoms with Crippen molar-refractivity contribution in [1.29, 1.82) is 0 Å². The zero-order valence-electron chi connectivity index (χ0n) is 11.6. The summed E-state index contributed by atoms with van der Waals surface area (Å²) in [6.45, 7) is 2.84. The summed E-state index contributed by atoms with van der Waals surface area (Å²) in [7, 11) is 0. The lowest BCUT2D eigenvalue weighted by molar-refractivity contribution is 0.606. The van der Waals surface area contributed by atoms with Crippen LogP contribution < -0.4 is 11.1 Å². The molecular weight excluding hydrogens is 309 g/mol. The summed E-state index contributed by atoms with van der Waals surface area (Å²) in [5, 5.41) is 3.94. The SMILES string of the molecule is CCNC(CSc1ccc(F)cc1)c1cc(Cl)cnc1N. The predicted octanol–water partition coefficient (Wildman–Crippen LogP) is 3.90. The van der Waals surface area contributed by atoms with Crippen LogP contribution in [-0.2, 0) is 0 Å². The zero-order valence-corrected chi connectivity index (χ0v) is 13.2. The van der Waals surface area contributed by atoms with Gasteiger partial charge >= 0.3 is 0 Å². The van der Waals surface area contributed by atoms with E-state index < -0.39 is 0 Å². The molecule has 3 N–H and O–H groups in total. The first-order chi connectivity index (χ1) is 10.1. The van der Waals surface area contributed by atoms with Crippen molar-refractivity contribution in [2.75, 3.05) is 18.0 Å². The van der Waals surface area contributed by atoms with Gasteiger partial charge in [-0.25, -0.2) is 9.37 Å². The molecule has 2 rings (SSSR count). The number of nitrogens with zero attached hydrogens (tertiary/aromatic N) is 1. The van der Waals surface area contributed by atoms with E-state index in [1.165, 1.54) is 18.3 Å². The molecule has 1 atom stereocenters. The molecule has 3 nitrogen and oxygen atoms in total. The first-order valence-corrected chi connectivity index (χ1v) is 7.99. The smallest absolute Gasteiger partial charge is 0.128 e. The van der Waals surface area contributed by atoms with Crippen LogP contribution in [0.3, 0.4) is 0 Å². The van der Waals surface area contributed by atoms with Gasteiger partial charge in [0.05, 0.1) is 5.02 Å². The van der Waals surface area contributed by atoms with Gasteiger partial charge in [0.25, 0.3) is 0 Å². The van der Waals surface area contributed by atoms with Gasteiger partial charge in [-0.15, -0.1) is 11.8 Å². The molecule has 0 spiro atoms. The zero-order chi connectivity index (χ0) is 15.2. The lowest BCUT2D eigenvalue weighted by Gasteiger charge is -2.19. The van der Waals surface area contributed by atoms with E-state index >= 15 is 0 Å². The number of thioether (sulfide) groups is 1. The second-order valence-electron chi connectivity index (χ2n) is 4.50. The number of pyridine rings is 1. The summed E-state index contributed by atoms with van der Waals surface area (Å²) in [5.41, 5.74) is 6.83. The van der Waals surface area contributed by atoms with Crippen molar-refractivity contribution in [2.45, 2.75) is 17.9 Å². The molecule has 1 aromatic heterocycles. The molecule has 1 aromatic carbocycles. The maximum absolute atomic E-state index is 12.9. The minimum Gasteiger partial charge on any atom is -0.383 e. The van der Waals surface area contributed by atoms with E-state index in [-0.39, 0.29) is 11.9 Å². The van der Waals surface area contributed by atoms with Crippen LogP contribution in [0.4, 0.5) is 10.2 Å². The molecule has 112 valence electrons. The highest BCUT2D eigenvalue weighted by molar-refractivity contribution is 7.99. The van der Waals surface area contributed by atoms with Gasteiger partial charge in [0.15, 0.2) is 0 Å². The first kappa shape index (κ1) is 16.1. The maximum Gasteiger partial charge on any atom is 0.128 e. The molecule has 0 aliphatic rings. The fraction of sp³-hybridized carbons (Fsp3) is 0.267. The second kappa shape index (κ2) is 7.64. The molecule has 1 heterocycles. The molecule has 0 saturated heterocycles. The summed E-state index contributed by atoms with van der Waals surface area (Å²) >= 11 is 7.63. The summed E-state index contributed by atoms with van der Waals surface area (Å²) in [4.78, 5) is 5.10. The Morgan fingerprint density at radius 1 is 1.38 bits per heavy atom. The molecule has 6 heteroatoms. The van der Waals surface area contributed by atoms with E-state index in [1.807, 2.05) is 13.0 Å². The molecule has 0 amide bonds. The molecule has 0 aliphatic carbocycles. The molecule has 0 fully saturated rings. The number of nitrogens with one attached hydrogen (secondary N) is 1.